The second-order valence-electron chi connectivity index (χ2n) is 2.19. The molecule has 0 radical (unpaired) electrons. The fourth-order valence-corrected chi connectivity index (χ4v) is 0.774. The van der Waals surface area contributed by atoms with Crippen molar-refractivity contribution in [2.45, 2.75) is 13.3 Å². The molecule has 0 bridgehead atoms. The summed E-state index contributed by atoms with van der Waals surface area (Å²) in [5.41, 5.74) is 0. The van der Waals surface area contributed by atoms with Gasteiger partial charge in [-0.1, -0.05) is 0 Å². The Balaban J connectivity index is 2.48. The molecule has 1 rings (SSSR count). The maximum atomic E-state index is 10.6. The molecule has 0 aromatic heterocycles. The second kappa shape index (κ2) is 2.17. The quantitative estimate of drug-likeness (QED) is 0.472. The van der Waals surface area contributed by atoms with Gasteiger partial charge in [0.1, 0.15) is 12.4 Å². The average Bonchev–Trinajstić information content (AvgIpc) is 2.14. The summed E-state index contributed by atoms with van der Waals surface area (Å²) in [6.45, 7) is 1.76. The summed E-state index contributed by atoms with van der Waals surface area (Å²) in [7, 11) is 0. The molecule has 1 unspecified atom stereocenters. The molecule has 0 amide bonds. The summed E-state index contributed by atoms with van der Waals surface area (Å²) in [6.07, 6.45) is 0.273. The van der Waals surface area contributed by atoms with E-state index in [1.165, 1.54) is 6.92 Å². The maximum absolute atomic E-state index is 10.6. The van der Waals surface area contributed by atoms with E-state index in [9.17, 15) is 9.59 Å². The number of ether oxygens (including phenoxy) is 1. The van der Waals surface area contributed by atoms with Gasteiger partial charge >= 0.3 is 5.97 Å². The molecule has 0 aliphatic carbocycles. The first-order valence-corrected chi connectivity index (χ1v) is 2.86. The number of rotatable bonds is 1. The topological polar surface area (TPSA) is 43.4 Å². The Labute approximate surface area is 53.0 Å². The summed E-state index contributed by atoms with van der Waals surface area (Å²) < 4.78 is 4.57. The monoisotopic (exact) mass is 128 g/mol. The van der Waals surface area contributed by atoms with E-state index in [1.54, 1.807) is 0 Å². The first kappa shape index (κ1) is 6.26. The van der Waals surface area contributed by atoms with Crippen LogP contribution in [0.4, 0.5) is 0 Å². The van der Waals surface area contributed by atoms with Crippen LogP contribution in [-0.2, 0) is 14.3 Å². The van der Waals surface area contributed by atoms with Crippen molar-refractivity contribution in [1.82, 2.24) is 0 Å². The van der Waals surface area contributed by atoms with Crippen LogP contribution >= 0.6 is 0 Å². The first-order chi connectivity index (χ1) is 4.20. The van der Waals surface area contributed by atoms with Crippen LogP contribution in [0, 0.1) is 5.92 Å². The van der Waals surface area contributed by atoms with Gasteiger partial charge in [-0.05, 0) is 6.92 Å². The van der Waals surface area contributed by atoms with Crippen LogP contribution in [0.25, 0.3) is 0 Å². The highest BCUT2D eigenvalue weighted by Crippen LogP contribution is 2.13. The molecular formula is C6H8O3. The van der Waals surface area contributed by atoms with E-state index < -0.39 is 0 Å². The number of hydrogen-bond donors (Lipinski definition) is 0. The van der Waals surface area contributed by atoms with Gasteiger partial charge in [-0.25, -0.2) is 0 Å². The summed E-state index contributed by atoms with van der Waals surface area (Å²) in [6, 6.07) is 0. The number of carbonyl (C=O) groups excluding carboxylic acids is 2. The van der Waals surface area contributed by atoms with E-state index in [4.69, 9.17) is 0 Å². The number of Topliss-reactive ketones (excluding diaryl/α,β-unsaturated/α-hetero) is 1. The minimum atomic E-state index is -0.254. The molecular weight excluding hydrogens is 120 g/mol. The highest BCUT2D eigenvalue weighted by Gasteiger charge is 2.26. The Hall–Kier alpha value is -0.860. The Morgan fingerprint density at radius 1 is 1.78 bits per heavy atom. The van der Waals surface area contributed by atoms with Crippen molar-refractivity contribution >= 4 is 11.8 Å². The number of cyclic esters (lactones) is 1. The lowest BCUT2D eigenvalue weighted by molar-refractivity contribution is -0.137. The van der Waals surface area contributed by atoms with Crippen molar-refractivity contribution in [3.8, 4) is 0 Å². The normalized spacial score (nSPS) is 25.9. The fourth-order valence-electron chi connectivity index (χ4n) is 0.774. The molecule has 0 N–H and O–H groups in total. The van der Waals surface area contributed by atoms with Crippen LogP contribution in [0.5, 0.6) is 0 Å². The molecule has 1 aliphatic heterocycles. The number of hydrogen-bond acceptors (Lipinski definition) is 3. The third-order valence-corrected chi connectivity index (χ3v) is 1.43. The fraction of sp³-hybridized carbons (Fsp3) is 0.667. The summed E-state index contributed by atoms with van der Waals surface area (Å²) in [5.74, 6) is -0.381. The molecule has 3 nitrogen and oxygen atoms in total. The lowest BCUT2D eigenvalue weighted by atomic mass is 10.1. The van der Waals surface area contributed by atoms with E-state index in [-0.39, 0.29) is 30.7 Å². The third kappa shape index (κ3) is 1.28. The highest BCUT2D eigenvalue weighted by atomic mass is 16.5. The molecule has 0 spiro atoms. The molecule has 1 saturated heterocycles. The van der Waals surface area contributed by atoms with Crippen LogP contribution < -0.4 is 0 Å². The zero-order valence-electron chi connectivity index (χ0n) is 5.22. The van der Waals surface area contributed by atoms with Gasteiger partial charge < -0.3 is 4.74 Å². The summed E-state index contributed by atoms with van der Waals surface area (Å²) >= 11 is 0. The Bertz CT molecular complexity index is 150. The van der Waals surface area contributed by atoms with Gasteiger partial charge in [0.05, 0.1) is 12.3 Å². The van der Waals surface area contributed by atoms with E-state index in [1.807, 2.05) is 0 Å². The van der Waals surface area contributed by atoms with E-state index in [0.717, 1.165) is 0 Å². The van der Waals surface area contributed by atoms with Crippen LogP contribution in [0.3, 0.4) is 0 Å². The van der Waals surface area contributed by atoms with E-state index >= 15 is 0 Å². The minimum absolute atomic E-state index is 0.0425. The average molecular weight is 128 g/mol. The summed E-state index contributed by atoms with van der Waals surface area (Å²) in [4.78, 5) is 20.9. The maximum Gasteiger partial charge on any atom is 0.306 e. The zero-order valence-corrected chi connectivity index (χ0v) is 5.22. The lowest BCUT2D eigenvalue weighted by Gasteiger charge is -1.95. The second-order valence-corrected chi connectivity index (χ2v) is 2.19. The van der Waals surface area contributed by atoms with Gasteiger partial charge in [-0.15, -0.1) is 0 Å². The number of carbonyl (C=O) groups is 2. The SMILES string of the molecule is CC(=O)C1COC(=O)C1. The van der Waals surface area contributed by atoms with Crippen molar-refractivity contribution in [2.75, 3.05) is 6.61 Å². The minimum Gasteiger partial charge on any atom is -0.465 e. The molecule has 0 aromatic rings. The standard InChI is InChI=1S/C6H8O3/c1-4(7)5-2-6(8)9-3-5/h5H,2-3H2,1H3. The Kier molecular flexibility index (Phi) is 1.51. The number of ketones is 1. The van der Waals surface area contributed by atoms with Gasteiger partial charge in [-0.3, -0.25) is 9.59 Å². The third-order valence-electron chi connectivity index (χ3n) is 1.43. The molecule has 1 aliphatic rings. The molecule has 1 atom stereocenters. The van der Waals surface area contributed by atoms with Crippen molar-refractivity contribution in [3.63, 3.8) is 0 Å². The molecule has 3 heteroatoms. The largest absolute Gasteiger partial charge is 0.465 e. The molecule has 0 saturated carbocycles. The van der Waals surface area contributed by atoms with Gasteiger partial charge in [0.2, 0.25) is 0 Å². The van der Waals surface area contributed by atoms with Gasteiger partial charge in [0.25, 0.3) is 0 Å². The van der Waals surface area contributed by atoms with Crippen LogP contribution in [0.2, 0.25) is 0 Å². The van der Waals surface area contributed by atoms with Crippen molar-refractivity contribution in [2.24, 2.45) is 5.92 Å². The van der Waals surface area contributed by atoms with E-state index in [2.05, 4.69) is 4.74 Å². The first-order valence-electron chi connectivity index (χ1n) is 2.86. The van der Waals surface area contributed by atoms with Crippen LogP contribution in [0.15, 0.2) is 0 Å². The molecule has 9 heavy (non-hydrogen) atoms. The Morgan fingerprint density at radius 3 is 2.67 bits per heavy atom. The molecule has 1 heterocycles. The van der Waals surface area contributed by atoms with Gasteiger partial charge in [0, 0.05) is 0 Å². The summed E-state index contributed by atoms with van der Waals surface area (Å²) in [5, 5.41) is 0. The van der Waals surface area contributed by atoms with Gasteiger partial charge in [-0.2, -0.15) is 0 Å². The molecule has 50 valence electrons. The predicted octanol–water partition coefficient (Wildman–Crippen LogP) is 0.138. The molecule has 1 fully saturated rings. The van der Waals surface area contributed by atoms with Crippen LogP contribution in [0.1, 0.15) is 13.3 Å². The van der Waals surface area contributed by atoms with E-state index in [0.29, 0.717) is 0 Å². The van der Waals surface area contributed by atoms with Crippen molar-refractivity contribution in [1.29, 1.82) is 0 Å². The molecule has 0 aromatic carbocycles. The predicted molar refractivity (Wildman–Crippen MR) is 29.7 cm³/mol. The van der Waals surface area contributed by atoms with Crippen molar-refractivity contribution < 1.29 is 14.3 Å². The van der Waals surface area contributed by atoms with Gasteiger partial charge in [0.15, 0.2) is 0 Å². The lowest BCUT2D eigenvalue weighted by Crippen LogP contribution is -2.09. The van der Waals surface area contributed by atoms with Crippen molar-refractivity contribution in [3.05, 3.63) is 0 Å². The highest BCUT2D eigenvalue weighted by molar-refractivity contribution is 5.85. The van der Waals surface area contributed by atoms with Crippen LogP contribution in [-0.4, -0.2) is 18.4 Å². The number of esters is 1. The zero-order chi connectivity index (χ0) is 6.85. The smallest absolute Gasteiger partial charge is 0.306 e. The Morgan fingerprint density at radius 2 is 2.44 bits per heavy atom.